The van der Waals surface area contributed by atoms with Gasteiger partial charge in [-0.25, -0.2) is 9.67 Å². The highest BCUT2D eigenvalue weighted by Crippen LogP contribution is 2.41. The standard InChI is InChI=1S/C22H26N6O2/c1-14(29)25-18-4-5-20-15(6-18)2-3-19(26-20)11-27-9-16-7-21(28-13-23-12-24-28)22(30)8-17(16)10-27/h2-6,12-13,16-17,21-22,30H,7-11H2,1H3,(H,25,29)/t16-,17+,21-,22-/m1/s1. The lowest BCUT2D eigenvalue weighted by atomic mass is 9.77. The summed E-state index contributed by atoms with van der Waals surface area (Å²) in [6, 6.07) is 9.93. The minimum absolute atomic E-state index is 0.0188. The van der Waals surface area contributed by atoms with E-state index in [1.54, 1.807) is 6.33 Å². The van der Waals surface area contributed by atoms with Crippen LogP contribution in [-0.4, -0.2) is 54.9 Å². The van der Waals surface area contributed by atoms with E-state index >= 15 is 0 Å². The summed E-state index contributed by atoms with van der Waals surface area (Å²) in [6.45, 7) is 4.32. The number of benzene rings is 1. The number of pyridine rings is 1. The number of aromatic nitrogens is 4. The zero-order valence-electron chi connectivity index (χ0n) is 17.0. The molecular formula is C22H26N6O2. The van der Waals surface area contributed by atoms with Gasteiger partial charge in [0.1, 0.15) is 12.7 Å². The second-order valence-electron chi connectivity index (χ2n) is 8.59. The highest BCUT2D eigenvalue weighted by Gasteiger charge is 2.42. The van der Waals surface area contributed by atoms with Crippen LogP contribution in [0.5, 0.6) is 0 Å². The van der Waals surface area contributed by atoms with Crippen molar-refractivity contribution >= 4 is 22.5 Å². The predicted octanol–water partition coefficient (Wildman–Crippen LogP) is 2.23. The van der Waals surface area contributed by atoms with E-state index < -0.39 is 0 Å². The molecule has 8 nitrogen and oxygen atoms in total. The maximum atomic E-state index is 11.3. The van der Waals surface area contributed by atoms with Crippen LogP contribution in [0.4, 0.5) is 5.69 Å². The van der Waals surface area contributed by atoms with E-state index in [2.05, 4.69) is 32.4 Å². The number of rotatable bonds is 4. The second-order valence-corrected chi connectivity index (χ2v) is 8.59. The maximum Gasteiger partial charge on any atom is 0.221 e. The van der Waals surface area contributed by atoms with Crippen molar-refractivity contribution < 1.29 is 9.90 Å². The van der Waals surface area contributed by atoms with Crippen molar-refractivity contribution in [2.24, 2.45) is 11.8 Å². The van der Waals surface area contributed by atoms with Gasteiger partial charge in [0.15, 0.2) is 0 Å². The van der Waals surface area contributed by atoms with Gasteiger partial charge in [-0.05, 0) is 48.9 Å². The first-order valence-electron chi connectivity index (χ1n) is 10.5. The number of hydrogen-bond donors (Lipinski definition) is 2. The van der Waals surface area contributed by atoms with Gasteiger partial charge in [-0.15, -0.1) is 0 Å². The Kier molecular flexibility index (Phi) is 4.96. The molecule has 0 unspecified atom stereocenters. The first-order valence-corrected chi connectivity index (χ1v) is 10.5. The number of carbonyl (C=O) groups is 1. The summed E-state index contributed by atoms with van der Waals surface area (Å²) in [5, 5.41) is 18.7. The van der Waals surface area contributed by atoms with Crippen LogP contribution in [0, 0.1) is 11.8 Å². The summed E-state index contributed by atoms with van der Waals surface area (Å²) in [7, 11) is 0. The van der Waals surface area contributed by atoms with Crippen LogP contribution in [-0.2, 0) is 11.3 Å². The van der Waals surface area contributed by atoms with Gasteiger partial charge in [0.2, 0.25) is 5.91 Å². The number of anilines is 1. The van der Waals surface area contributed by atoms with Crippen LogP contribution < -0.4 is 5.32 Å². The fourth-order valence-electron chi connectivity index (χ4n) is 5.07. The predicted molar refractivity (Wildman–Crippen MR) is 113 cm³/mol. The molecule has 8 heteroatoms. The molecule has 1 saturated carbocycles. The molecule has 2 N–H and O–H groups in total. The van der Waals surface area contributed by atoms with Crippen LogP contribution in [0.25, 0.3) is 10.9 Å². The number of amides is 1. The van der Waals surface area contributed by atoms with E-state index in [1.165, 1.54) is 13.3 Å². The Bertz CT molecular complexity index is 1050. The third kappa shape index (κ3) is 3.80. The van der Waals surface area contributed by atoms with E-state index in [1.807, 2.05) is 22.9 Å². The zero-order valence-corrected chi connectivity index (χ0v) is 17.0. The largest absolute Gasteiger partial charge is 0.391 e. The first kappa shape index (κ1) is 19.1. The van der Waals surface area contributed by atoms with E-state index in [9.17, 15) is 9.90 Å². The molecule has 1 amide bonds. The molecule has 4 atom stereocenters. The quantitative estimate of drug-likeness (QED) is 0.690. The van der Waals surface area contributed by atoms with Crippen molar-refractivity contribution in [1.29, 1.82) is 0 Å². The number of aliphatic hydroxyl groups excluding tert-OH is 1. The number of fused-ring (bicyclic) bond motifs is 2. The van der Waals surface area contributed by atoms with Crippen LogP contribution >= 0.6 is 0 Å². The number of aliphatic hydroxyl groups is 1. The van der Waals surface area contributed by atoms with Gasteiger partial charge in [0.05, 0.1) is 23.4 Å². The zero-order chi connectivity index (χ0) is 20.7. The van der Waals surface area contributed by atoms with Crippen molar-refractivity contribution in [1.82, 2.24) is 24.6 Å². The van der Waals surface area contributed by atoms with E-state index in [4.69, 9.17) is 4.98 Å². The van der Waals surface area contributed by atoms with Crippen LogP contribution in [0.3, 0.4) is 0 Å². The van der Waals surface area contributed by atoms with Gasteiger partial charge in [0, 0.05) is 37.6 Å². The van der Waals surface area contributed by atoms with E-state index in [0.717, 1.165) is 54.8 Å². The van der Waals surface area contributed by atoms with Gasteiger partial charge in [-0.2, -0.15) is 5.10 Å². The molecule has 2 fully saturated rings. The Morgan fingerprint density at radius 2 is 2.03 bits per heavy atom. The van der Waals surface area contributed by atoms with Crippen LogP contribution in [0.1, 0.15) is 31.5 Å². The minimum Gasteiger partial charge on any atom is -0.391 e. The monoisotopic (exact) mass is 406 g/mol. The summed E-state index contributed by atoms with van der Waals surface area (Å²) in [4.78, 5) is 22.6. The number of carbonyl (C=O) groups excluding carboxylic acids is 1. The summed E-state index contributed by atoms with van der Waals surface area (Å²) < 4.78 is 1.81. The maximum absolute atomic E-state index is 11.3. The molecule has 1 aromatic carbocycles. The average molecular weight is 406 g/mol. The summed E-state index contributed by atoms with van der Waals surface area (Å²) >= 11 is 0. The lowest BCUT2D eigenvalue weighted by molar-refractivity contribution is -0.114. The fraction of sp³-hybridized carbons (Fsp3) is 0.455. The third-order valence-corrected chi connectivity index (χ3v) is 6.41. The van der Waals surface area contributed by atoms with Crippen molar-refractivity contribution in [3.05, 3.63) is 48.7 Å². The number of nitrogens with zero attached hydrogens (tertiary/aromatic N) is 5. The van der Waals surface area contributed by atoms with Gasteiger partial charge < -0.3 is 10.4 Å². The molecule has 1 saturated heterocycles. The molecule has 3 heterocycles. The van der Waals surface area contributed by atoms with Crippen molar-refractivity contribution in [2.45, 2.75) is 38.5 Å². The van der Waals surface area contributed by atoms with Crippen LogP contribution in [0.2, 0.25) is 0 Å². The Hall–Kier alpha value is -2.84. The summed E-state index contributed by atoms with van der Waals surface area (Å²) in [6.07, 6.45) is 4.61. The molecular weight excluding hydrogens is 380 g/mol. The molecule has 2 aromatic heterocycles. The highest BCUT2D eigenvalue weighted by molar-refractivity contribution is 5.92. The summed E-state index contributed by atoms with van der Waals surface area (Å²) in [5.41, 5.74) is 2.76. The van der Waals surface area contributed by atoms with Crippen molar-refractivity contribution in [3.8, 4) is 0 Å². The number of hydrogen-bond acceptors (Lipinski definition) is 6. The molecule has 156 valence electrons. The van der Waals surface area contributed by atoms with E-state index in [-0.39, 0.29) is 18.1 Å². The van der Waals surface area contributed by atoms with Crippen molar-refractivity contribution in [3.63, 3.8) is 0 Å². The molecule has 2 aliphatic rings. The normalized spacial score (nSPS) is 26.6. The Balaban J connectivity index is 1.26. The molecule has 0 bridgehead atoms. The SMILES string of the molecule is CC(=O)Nc1ccc2nc(CN3C[C@H]4C[C@@H](n5cncn5)[C@H](O)C[C@H]4C3)ccc2c1. The van der Waals surface area contributed by atoms with Crippen LogP contribution in [0.15, 0.2) is 43.0 Å². The third-order valence-electron chi connectivity index (χ3n) is 6.41. The molecule has 5 rings (SSSR count). The lowest BCUT2D eigenvalue weighted by Crippen LogP contribution is -2.36. The minimum atomic E-state index is -0.371. The highest BCUT2D eigenvalue weighted by atomic mass is 16.3. The van der Waals surface area contributed by atoms with Gasteiger partial charge >= 0.3 is 0 Å². The second kappa shape index (κ2) is 7.77. The molecule has 30 heavy (non-hydrogen) atoms. The summed E-state index contributed by atoms with van der Waals surface area (Å²) in [5.74, 6) is 0.995. The molecule has 0 spiro atoms. The Labute approximate surface area is 174 Å². The van der Waals surface area contributed by atoms with Gasteiger partial charge in [0.25, 0.3) is 0 Å². The fourth-order valence-corrected chi connectivity index (χ4v) is 5.07. The average Bonchev–Trinajstić information content (AvgIpc) is 3.36. The number of nitrogens with one attached hydrogen (secondary N) is 1. The number of likely N-dealkylation sites (tertiary alicyclic amines) is 1. The van der Waals surface area contributed by atoms with Gasteiger partial charge in [-0.1, -0.05) is 6.07 Å². The smallest absolute Gasteiger partial charge is 0.221 e. The van der Waals surface area contributed by atoms with Gasteiger partial charge in [-0.3, -0.25) is 14.7 Å². The first-order chi connectivity index (χ1) is 14.5. The Morgan fingerprint density at radius 3 is 2.80 bits per heavy atom. The Morgan fingerprint density at radius 1 is 1.20 bits per heavy atom. The molecule has 3 aromatic rings. The molecule has 0 radical (unpaired) electrons. The van der Waals surface area contributed by atoms with E-state index in [0.29, 0.717) is 11.8 Å². The molecule has 1 aliphatic heterocycles. The van der Waals surface area contributed by atoms with Crippen molar-refractivity contribution in [2.75, 3.05) is 18.4 Å². The topological polar surface area (TPSA) is 96.2 Å². The molecule has 1 aliphatic carbocycles. The lowest BCUT2D eigenvalue weighted by Gasteiger charge is -2.35.